The Kier molecular flexibility index (Phi) is 4.13. The number of hydrogen-bond acceptors (Lipinski definition) is 3. The fraction of sp³-hybridized carbons (Fsp3) is 0.364. The van der Waals surface area contributed by atoms with Gasteiger partial charge >= 0.3 is 5.97 Å². The van der Waals surface area contributed by atoms with E-state index < -0.39 is 0 Å². The van der Waals surface area contributed by atoms with Gasteiger partial charge in [0.1, 0.15) is 0 Å². The van der Waals surface area contributed by atoms with E-state index in [0.29, 0.717) is 13.0 Å². The molecule has 0 saturated heterocycles. The normalized spacial score (nSPS) is 12.1. The molecule has 0 unspecified atom stereocenters. The van der Waals surface area contributed by atoms with Crippen LogP contribution in [-0.4, -0.2) is 19.6 Å². The molecular weight excluding hydrogens is 178 g/mol. The smallest absolute Gasteiger partial charge is 0.310 e. The quantitative estimate of drug-likeness (QED) is 0.725. The van der Waals surface area contributed by atoms with Crippen LogP contribution in [0.25, 0.3) is 0 Å². The van der Waals surface area contributed by atoms with Crippen LogP contribution >= 0.6 is 0 Å². The standard InChI is InChI=1S/C11H15NO2/c1-14-11(13)10(8-12)7-9-5-3-2-4-6-9/h2-6,10H,7-8,12H2,1H3/t10-/m0/s1. The van der Waals surface area contributed by atoms with Crippen molar-refractivity contribution in [3.8, 4) is 0 Å². The minimum Gasteiger partial charge on any atom is -0.469 e. The second kappa shape index (κ2) is 5.40. The van der Waals surface area contributed by atoms with E-state index in [1.54, 1.807) is 0 Å². The fourth-order valence-electron chi connectivity index (χ4n) is 1.33. The first-order chi connectivity index (χ1) is 6.77. The molecule has 1 aromatic carbocycles. The van der Waals surface area contributed by atoms with Crippen LogP contribution in [0.4, 0.5) is 0 Å². The molecular formula is C11H15NO2. The summed E-state index contributed by atoms with van der Waals surface area (Å²) < 4.78 is 4.66. The van der Waals surface area contributed by atoms with Gasteiger partial charge < -0.3 is 10.5 Å². The van der Waals surface area contributed by atoms with Gasteiger partial charge in [0.2, 0.25) is 0 Å². The number of rotatable bonds is 4. The Morgan fingerprint density at radius 1 is 1.43 bits per heavy atom. The fourth-order valence-corrected chi connectivity index (χ4v) is 1.33. The lowest BCUT2D eigenvalue weighted by atomic mass is 10.00. The van der Waals surface area contributed by atoms with Crippen molar-refractivity contribution in [2.45, 2.75) is 6.42 Å². The average Bonchev–Trinajstić information content (AvgIpc) is 2.26. The SMILES string of the molecule is COC(=O)[C@H](CN)Cc1ccccc1. The Bertz CT molecular complexity index is 285. The van der Waals surface area contributed by atoms with Gasteiger partial charge in [0, 0.05) is 6.54 Å². The summed E-state index contributed by atoms with van der Waals surface area (Å²) in [5.41, 5.74) is 6.60. The van der Waals surface area contributed by atoms with Gasteiger partial charge in [-0.25, -0.2) is 0 Å². The largest absolute Gasteiger partial charge is 0.469 e. The molecule has 0 aromatic heterocycles. The average molecular weight is 193 g/mol. The Hall–Kier alpha value is -1.35. The number of ether oxygens (including phenoxy) is 1. The molecule has 0 aliphatic rings. The van der Waals surface area contributed by atoms with Crippen molar-refractivity contribution in [3.63, 3.8) is 0 Å². The third-order valence-corrected chi connectivity index (χ3v) is 2.14. The second-order valence-electron chi connectivity index (χ2n) is 3.15. The highest BCUT2D eigenvalue weighted by molar-refractivity contribution is 5.72. The Labute approximate surface area is 83.9 Å². The van der Waals surface area contributed by atoms with E-state index in [1.807, 2.05) is 30.3 Å². The molecule has 14 heavy (non-hydrogen) atoms. The number of nitrogens with two attached hydrogens (primary N) is 1. The topological polar surface area (TPSA) is 52.3 Å². The molecule has 3 heteroatoms. The molecule has 1 atom stereocenters. The van der Waals surface area contributed by atoms with Crippen molar-refractivity contribution in [1.82, 2.24) is 0 Å². The predicted octanol–water partition coefficient (Wildman–Crippen LogP) is 0.977. The maximum Gasteiger partial charge on any atom is 0.310 e. The highest BCUT2D eigenvalue weighted by atomic mass is 16.5. The number of hydrogen-bond donors (Lipinski definition) is 1. The van der Waals surface area contributed by atoms with Gasteiger partial charge in [0.05, 0.1) is 13.0 Å². The second-order valence-corrected chi connectivity index (χ2v) is 3.15. The zero-order valence-corrected chi connectivity index (χ0v) is 8.27. The molecule has 0 amide bonds. The summed E-state index contributed by atoms with van der Waals surface area (Å²) in [6, 6.07) is 9.79. The summed E-state index contributed by atoms with van der Waals surface area (Å²) in [4.78, 5) is 11.2. The van der Waals surface area contributed by atoms with Crippen LogP contribution in [-0.2, 0) is 16.0 Å². The summed E-state index contributed by atoms with van der Waals surface area (Å²) >= 11 is 0. The third kappa shape index (κ3) is 2.85. The molecule has 0 spiro atoms. The molecule has 0 fully saturated rings. The highest BCUT2D eigenvalue weighted by Crippen LogP contribution is 2.08. The first-order valence-corrected chi connectivity index (χ1v) is 4.59. The molecule has 0 heterocycles. The van der Waals surface area contributed by atoms with E-state index in [2.05, 4.69) is 4.74 Å². The van der Waals surface area contributed by atoms with Gasteiger partial charge in [-0.1, -0.05) is 30.3 Å². The van der Waals surface area contributed by atoms with Crippen molar-refractivity contribution in [2.24, 2.45) is 11.7 Å². The predicted molar refractivity (Wildman–Crippen MR) is 54.7 cm³/mol. The molecule has 0 aliphatic heterocycles. The maximum atomic E-state index is 11.2. The van der Waals surface area contributed by atoms with Gasteiger partial charge in [-0.3, -0.25) is 4.79 Å². The van der Waals surface area contributed by atoms with Crippen LogP contribution in [0.2, 0.25) is 0 Å². The Morgan fingerprint density at radius 3 is 2.57 bits per heavy atom. The van der Waals surface area contributed by atoms with Gasteiger partial charge in [-0.05, 0) is 12.0 Å². The van der Waals surface area contributed by atoms with Gasteiger partial charge in [0.25, 0.3) is 0 Å². The Balaban J connectivity index is 2.62. The molecule has 76 valence electrons. The molecule has 2 N–H and O–H groups in total. The van der Waals surface area contributed by atoms with Crippen molar-refractivity contribution in [1.29, 1.82) is 0 Å². The molecule has 0 aliphatic carbocycles. The van der Waals surface area contributed by atoms with Crippen LogP contribution in [0.15, 0.2) is 30.3 Å². The van der Waals surface area contributed by atoms with Crippen molar-refractivity contribution in [2.75, 3.05) is 13.7 Å². The van der Waals surface area contributed by atoms with E-state index in [9.17, 15) is 4.79 Å². The van der Waals surface area contributed by atoms with Gasteiger partial charge in [0.15, 0.2) is 0 Å². The lowest BCUT2D eigenvalue weighted by Crippen LogP contribution is -2.26. The summed E-state index contributed by atoms with van der Waals surface area (Å²) in [5.74, 6) is -0.473. The highest BCUT2D eigenvalue weighted by Gasteiger charge is 2.17. The number of carbonyl (C=O) groups excluding carboxylic acids is 1. The molecule has 1 aromatic rings. The molecule has 0 radical (unpaired) electrons. The Morgan fingerprint density at radius 2 is 2.07 bits per heavy atom. The van der Waals surface area contributed by atoms with Crippen molar-refractivity contribution in [3.05, 3.63) is 35.9 Å². The van der Waals surface area contributed by atoms with Crippen molar-refractivity contribution < 1.29 is 9.53 Å². The number of carbonyl (C=O) groups is 1. The minimum absolute atomic E-state index is 0.234. The molecule has 1 rings (SSSR count). The van der Waals surface area contributed by atoms with Crippen LogP contribution < -0.4 is 5.73 Å². The minimum atomic E-state index is -0.239. The van der Waals surface area contributed by atoms with E-state index in [0.717, 1.165) is 5.56 Å². The maximum absolute atomic E-state index is 11.2. The number of benzene rings is 1. The van der Waals surface area contributed by atoms with E-state index in [1.165, 1.54) is 7.11 Å². The van der Waals surface area contributed by atoms with Crippen LogP contribution in [0.1, 0.15) is 5.56 Å². The summed E-state index contributed by atoms with van der Waals surface area (Å²) in [6.07, 6.45) is 0.643. The van der Waals surface area contributed by atoms with E-state index in [-0.39, 0.29) is 11.9 Å². The lowest BCUT2D eigenvalue weighted by molar-refractivity contribution is -0.145. The first kappa shape index (κ1) is 10.7. The zero-order chi connectivity index (χ0) is 10.4. The van der Waals surface area contributed by atoms with Gasteiger partial charge in [-0.15, -0.1) is 0 Å². The van der Waals surface area contributed by atoms with E-state index in [4.69, 9.17) is 5.73 Å². The first-order valence-electron chi connectivity index (χ1n) is 4.59. The van der Waals surface area contributed by atoms with Gasteiger partial charge in [-0.2, -0.15) is 0 Å². The van der Waals surface area contributed by atoms with Crippen molar-refractivity contribution >= 4 is 5.97 Å². The molecule has 0 saturated carbocycles. The third-order valence-electron chi connectivity index (χ3n) is 2.14. The summed E-state index contributed by atoms with van der Waals surface area (Å²) in [5, 5.41) is 0. The van der Waals surface area contributed by atoms with Crippen LogP contribution in [0.3, 0.4) is 0 Å². The van der Waals surface area contributed by atoms with E-state index >= 15 is 0 Å². The number of esters is 1. The van der Waals surface area contributed by atoms with Crippen LogP contribution in [0, 0.1) is 5.92 Å². The van der Waals surface area contributed by atoms with Crippen LogP contribution in [0.5, 0.6) is 0 Å². The zero-order valence-electron chi connectivity index (χ0n) is 8.27. The monoisotopic (exact) mass is 193 g/mol. The lowest BCUT2D eigenvalue weighted by Gasteiger charge is -2.11. The molecule has 3 nitrogen and oxygen atoms in total. The summed E-state index contributed by atoms with van der Waals surface area (Å²) in [6.45, 7) is 0.321. The summed E-state index contributed by atoms with van der Waals surface area (Å²) in [7, 11) is 1.38. The molecule has 0 bridgehead atoms. The number of methoxy groups -OCH3 is 1.